The molecule has 4 nitrogen and oxygen atoms in total. The van der Waals surface area contributed by atoms with Crippen LogP contribution in [0.3, 0.4) is 0 Å². The van der Waals surface area contributed by atoms with Crippen LogP contribution in [0.1, 0.15) is 18.9 Å². The lowest BCUT2D eigenvalue weighted by Gasteiger charge is -2.07. The van der Waals surface area contributed by atoms with Crippen molar-refractivity contribution in [2.45, 2.75) is 19.8 Å². The van der Waals surface area contributed by atoms with E-state index in [4.69, 9.17) is 4.74 Å². The number of aromatic nitrogens is 2. The molecule has 1 aromatic carbocycles. The Hall–Kier alpha value is -2.10. The Morgan fingerprint density at radius 2 is 2.21 bits per heavy atom. The molecule has 1 aliphatic heterocycles. The van der Waals surface area contributed by atoms with Crippen LogP contribution in [0.5, 0.6) is 5.75 Å². The molecular formula is C15H17N3O. The maximum absolute atomic E-state index is 5.52. The van der Waals surface area contributed by atoms with Gasteiger partial charge in [0.25, 0.3) is 0 Å². The lowest BCUT2D eigenvalue weighted by atomic mass is 10.1. The molecule has 0 amide bonds. The summed E-state index contributed by atoms with van der Waals surface area (Å²) in [6.07, 6.45) is 3.67. The Bertz CT molecular complexity index is 583. The van der Waals surface area contributed by atoms with E-state index in [2.05, 4.69) is 34.3 Å². The van der Waals surface area contributed by atoms with E-state index in [1.165, 1.54) is 5.56 Å². The van der Waals surface area contributed by atoms with Crippen LogP contribution in [-0.4, -0.2) is 23.1 Å². The van der Waals surface area contributed by atoms with E-state index in [0.717, 1.165) is 48.8 Å². The third kappa shape index (κ3) is 2.52. The normalized spacial score (nSPS) is 12.9. The fourth-order valence-corrected chi connectivity index (χ4v) is 2.21. The summed E-state index contributed by atoms with van der Waals surface area (Å²) >= 11 is 0. The van der Waals surface area contributed by atoms with Crippen LogP contribution in [0, 0.1) is 0 Å². The zero-order valence-electron chi connectivity index (χ0n) is 11.0. The van der Waals surface area contributed by atoms with Crippen LogP contribution in [0.2, 0.25) is 0 Å². The highest BCUT2D eigenvalue weighted by Gasteiger charge is 2.13. The van der Waals surface area contributed by atoms with Crippen LogP contribution < -0.4 is 10.1 Å². The molecule has 1 aliphatic rings. The molecule has 0 aliphatic carbocycles. The standard InChI is InChI=1S/C15H17N3O/c1-2-6-16-15-9-13(17-10-18-15)11-3-4-14-12(8-11)5-7-19-14/h3-4,8-10H,2,5-7H2,1H3,(H,16,17,18). The highest BCUT2D eigenvalue weighted by atomic mass is 16.5. The Morgan fingerprint density at radius 1 is 1.26 bits per heavy atom. The zero-order chi connectivity index (χ0) is 13.1. The van der Waals surface area contributed by atoms with Crippen LogP contribution in [-0.2, 0) is 6.42 Å². The number of ether oxygens (including phenoxy) is 1. The topological polar surface area (TPSA) is 47.0 Å². The molecule has 0 fully saturated rings. The average molecular weight is 255 g/mol. The van der Waals surface area contributed by atoms with Crippen molar-refractivity contribution in [1.29, 1.82) is 0 Å². The second-order valence-corrected chi connectivity index (χ2v) is 4.64. The van der Waals surface area contributed by atoms with E-state index < -0.39 is 0 Å². The summed E-state index contributed by atoms with van der Waals surface area (Å²) in [6, 6.07) is 8.23. The van der Waals surface area contributed by atoms with Crippen molar-refractivity contribution in [1.82, 2.24) is 9.97 Å². The van der Waals surface area contributed by atoms with Gasteiger partial charge in [-0.2, -0.15) is 0 Å². The maximum Gasteiger partial charge on any atom is 0.129 e. The van der Waals surface area contributed by atoms with E-state index >= 15 is 0 Å². The van der Waals surface area contributed by atoms with Crippen LogP contribution >= 0.6 is 0 Å². The van der Waals surface area contributed by atoms with E-state index in [1.54, 1.807) is 6.33 Å². The minimum atomic E-state index is 0.784. The molecule has 0 saturated heterocycles. The monoisotopic (exact) mass is 255 g/mol. The van der Waals surface area contributed by atoms with Gasteiger partial charge in [-0.05, 0) is 30.2 Å². The minimum Gasteiger partial charge on any atom is -0.493 e. The van der Waals surface area contributed by atoms with Crippen LogP contribution in [0.4, 0.5) is 5.82 Å². The number of nitrogens with one attached hydrogen (secondary N) is 1. The minimum absolute atomic E-state index is 0.784. The molecule has 2 heterocycles. The second kappa shape index (κ2) is 5.26. The van der Waals surface area contributed by atoms with Gasteiger partial charge < -0.3 is 10.1 Å². The first-order valence-electron chi connectivity index (χ1n) is 6.69. The molecule has 1 N–H and O–H groups in total. The van der Waals surface area contributed by atoms with E-state index in [-0.39, 0.29) is 0 Å². The molecule has 4 heteroatoms. The summed E-state index contributed by atoms with van der Waals surface area (Å²) in [7, 11) is 0. The quantitative estimate of drug-likeness (QED) is 0.912. The van der Waals surface area contributed by atoms with Crippen LogP contribution in [0.15, 0.2) is 30.6 Å². The smallest absolute Gasteiger partial charge is 0.129 e. The van der Waals surface area contributed by atoms with Gasteiger partial charge in [0.2, 0.25) is 0 Å². The van der Waals surface area contributed by atoms with Gasteiger partial charge in [0, 0.05) is 24.6 Å². The SMILES string of the molecule is CCCNc1cc(-c2ccc3c(c2)CCO3)ncn1. The molecule has 3 rings (SSSR count). The van der Waals surface area contributed by atoms with Crippen molar-refractivity contribution in [3.05, 3.63) is 36.2 Å². The molecule has 0 unspecified atom stereocenters. The third-order valence-corrected chi connectivity index (χ3v) is 3.21. The summed E-state index contributed by atoms with van der Waals surface area (Å²) < 4.78 is 5.52. The number of anilines is 1. The van der Waals surface area contributed by atoms with Crippen molar-refractivity contribution in [2.75, 3.05) is 18.5 Å². The van der Waals surface area contributed by atoms with E-state index in [9.17, 15) is 0 Å². The van der Waals surface area contributed by atoms with Crippen molar-refractivity contribution < 1.29 is 4.74 Å². The van der Waals surface area contributed by atoms with Crippen molar-refractivity contribution in [2.24, 2.45) is 0 Å². The van der Waals surface area contributed by atoms with Gasteiger partial charge in [0.1, 0.15) is 17.9 Å². The summed E-state index contributed by atoms with van der Waals surface area (Å²) in [5.74, 6) is 1.88. The van der Waals surface area contributed by atoms with Crippen LogP contribution in [0.25, 0.3) is 11.3 Å². The molecule has 98 valence electrons. The molecule has 0 spiro atoms. The molecule has 1 aromatic heterocycles. The number of nitrogens with zero attached hydrogens (tertiary/aromatic N) is 2. The van der Waals surface area contributed by atoms with Crippen molar-refractivity contribution >= 4 is 5.82 Å². The van der Waals surface area contributed by atoms with Gasteiger partial charge in [-0.3, -0.25) is 0 Å². The summed E-state index contributed by atoms with van der Waals surface area (Å²) in [6.45, 7) is 3.84. The Morgan fingerprint density at radius 3 is 3.11 bits per heavy atom. The van der Waals surface area contributed by atoms with Crippen molar-refractivity contribution in [3.8, 4) is 17.0 Å². The lowest BCUT2D eigenvalue weighted by molar-refractivity contribution is 0.357. The number of fused-ring (bicyclic) bond motifs is 1. The molecule has 0 bridgehead atoms. The number of benzene rings is 1. The highest BCUT2D eigenvalue weighted by molar-refractivity contribution is 5.64. The largest absolute Gasteiger partial charge is 0.493 e. The third-order valence-electron chi connectivity index (χ3n) is 3.21. The fourth-order valence-electron chi connectivity index (χ4n) is 2.21. The van der Waals surface area contributed by atoms with Gasteiger partial charge in [-0.15, -0.1) is 0 Å². The van der Waals surface area contributed by atoms with Gasteiger partial charge in [-0.1, -0.05) is 6.92 Å². The molecule has 0 radical (unpaired) electrons. The second-order valence-electron chi connectivity index (χ2n) is 4.64. The predicted molar refractivity (Wildman–Crippen MR) is 75.4 cm³/mol. The molecular weight excluding hydrogens is 238 g/mol. The predicted octanol–water partition coefficient (Wildman–Crippen LogP) is 2.90. The maximum atomic E-state index is 5.52. The van der Waals surface area contributed by atoms with Gasteiger partial charge in [0.05, 0.1) is 12.3 Å². The van der Waals surface area contributed by atoms with Crippen molar-refractivity contribution in [3.63, 3.8) is 0 Å². The number of hydrogen-bond donors (Lipinski definition) is 1. The summed E-state index contributed by atoms with van der Waals surface area (Å²) in [5, 5.41) is 3.28. The number of hydrogen-bond acceptors (Lipinski definition) is 4. The molecule has 0 saturated carbocycles. The molecule has 0 atom stereocenters. The Kier molecular flexibility index (Phi) is 3.31. The average Bonchev–Trinajstić information content (AvgIpc) is 2.92. The first-order chi connectivity index (χ1) is 9.36. The summed E-state index contributed by atoms with van der Waals surface area (Å²) in [5.41, 5.74) is 3.33. The molecule has 2 aromatic rings. The van der Waals surface area contributed by atoms with Gasteiger partial charge >= 0.3 is 0 Å². The van der Waals surface area contributed by atoms with Gasteiger partial charge in [0.15, 0.2) is 0 Å². The van der Waals surface area contributed by atoms with E-state index in [0.29, 0.717) is 0 Å². The lowest BCUT2D eigenvalue weighted by Crippen LogP contribution is -2.02. The highest BCUT2D eigenvalue weighted by Crippen LogP contribution is 2.30. The number of rotatable bonds is 4. The first kappa shape index (κ1) is 12.0. The van der Waals surface area contributed by atoms with E-state index in [1.807, 2.05) is 12.1 Å². The van der Waals surface area contributed by atoms with Gasteiger partial charge in [-0.25, -0.2) is 9.97 Å². The Balaban J connectivity index is 1.89. The first-order valence-corrected chi connectivity index (χ1v) is 6.69. The fraction of sp³-hybridized carbons (Fsp3) is 0.333. The zero-order valence-corrected chi connectivity index (χ0v) is 11.0. The molecule has 19 heavy (non-hydrogen) atoms. The summed E-state index contributed by atoms with van der Waals surface area (Å²) in [4.78, 5) is 8.58. The Labute approximate surface area is 112 Å².